The van der Waals surface area contributed by atoms with Crippen molar-refractivity contribution in [1.82, 2.24) is 4.31 Å². The monoisotopic (exact) mass is 406 g/mol. The Morgan fingerprint density at radius 2 is 1.56 bits per heavy atom. The molecule has 2 aromatic rings. The number of rotatable bonds is 3. The van der Waals surface area contributed by atoms with Gasteiger partial charge >= 0.3 is 0 Å². The zero-order valence-electron chi connectivity index (χ0n) is 14.9. The molecule has 4 rings (SSSR count). The summed E-state index contributed by atoms with van der Waals surface area (Å²) in [7, 11) is -6.92. The lowest BCUT2D eigenvalue weighted by Crippen LogP contribution is -2.38. The Morgan fingerprint density at radius 3 is 2.26 bits per heavy atom. The van der Waals surface area contributed by atoms with Crippen LogP contribution in [0.1, 0.15) is 24.0 Å². The van der Waals surface area contributed by atoms with Gasteiger partial charge in [0, 0.05) is 19.6 Å². The highest BCUT2D eigenvalue weighted by Crippen LogP contribution is 2.28. The molecular weight excluding hydrogens is 384 g/mol. The fraction of sp³-hybridized carbons (Fsp3) is 0.368. The van der Waals surface area contributed by atoms with E-state index in [0.29, 0.717) is 38.2 Å². The second-order valence-corrected chi connectivity index (χ2v) is 10.9. The third kappa shape index (κ3) is 3.49. The summed E-state index contributed by atoms with van der Waals surface area (Å²) >= 11 is 0. The second-order valence-electron chi connectivity index (χ2n) is 6.95. The summed E-state index contributed by atoms with van der Waals surface area (Å²) in [6.07, 6.45) is 2.17. The van der Waals surface area contributed by atoms with E-state index in [9.17, 15) is 16.8 Å². The Bertz CT molecular complexity index is 1050. The van der Waals surface area contributed by atoms with E-state index in [4.69, 9.17) is 0 Å². The molecule has 27 heavy (non-hydrogen) atoms. The van der Waals surface area contributed by atoms with E-state index in [-0.39, 0.29) is 10.6 Å². The van der Waals surface area contributed by atoms with Gasteiger partial charge in [-0.25, -0.2) is 16.8 Å². The molecule has 0 amide bonds. The van der Waals surface area contributed by atoms with Crippen molar-refractivity contribution in [3.63, 3.8) is 0 Å². The lowest BCUT2D eigenvalue weighted by Gasteiger charge is -2.29. The van der Waals surface area contributed by atoms with Gasteiger partial charge in [-0.15, -0.1) is 0 Å². The van der Waals surface area contributed by atoms with Crippen LogP contribution in [0.15, 0.2) is 53.4 Å². The number of hydrogen-bond donors (Lipinski definition) is 0. The van der Waals surface area contributed by atoms with E-state index in [1.807, 2.05) is 24.3 Å². The van der Waals surface area contributed by atoms with Crippen molar-refractivity contribution in [2.75, 3.05) is 23.1 Å². The molecule has 0 unspecified atom stereocenters. The van der Waals surface area contributed by atoms with Gasteiger partial charge in [-0.05, 0) is 54.7 Å². The number of hydrogen-bond acceptors (Lipinski definition) is 4. The third-order valence-electron chi connectivity index (χ3n) is 5.21. The molecule has 0 radical (unpaired) electrons. The SMILES string of the molecule is O=S1(=O)CCCCN1c1ccc(S(=O)(=O)N2CCc3ccccc3C2)cc1. The normalized spacial score (nSPS) is 20.2. The van der Waals surface area contributed by atoms with Gasteiger partial charge < -0.3 is 0 Å². The zero-order valence-corrected chi connectivity index (χ0v) is 16.5. The third-order valence-corrected chi connectivity index (χ3v) is 8.94. The van der Waals surface area contributed by atoms with Crippen LogP contribution in [0.3, 0.4) is 0 Å². The van der Waals surface area contributed by atoms with Crippen LogP contribution in [0.5, 0.6) is 0 Å². The van der Waals surface area contributed by atoms with Gasteiger partial charge in [0.05, 0.1) is 16.3 Å². The standard InChI is InChI=1S/C19H22N2O4S2/c22-26(23)14-4-3-12-21(26)18-7-9-19(10-8-18)27(24,25)20-13-11-16-5-1-2-6-17(16)15-20/h1-2,5-10H,3-4,11-15H2. The van der Waals surface area contributed by atoms with Crippen LogP contribution in [0.2, 0.25) is 0 Å². The number of fused-ring (bicyclic) bond motifs is 1. The summed E-state index contributed by atoms with van der Waals surface area (Å²) in [5.41, 5.74) is 2.75. The predicted molar refractivity (Wildman–Crippen MR) is 105 cm³/mol. The maximum Gasteiger partial charge on any atom is 0.243 e. The van der Waals surface area contributed by atoms with E-state index in [0.717, 1.165) is 12.0 Å². The van der Waals surface area contributed by atoms with Crippen molar-refractivity contribution in [2.24, 2.45) is 0 Å². The Balaban J connectivity index is 1.58. The molecule has 0 spiro atoms. The van der Waals surface area contributed by atoms with E-state index in [2.05, 4.69) is 0 Å². The first-order valence-corrected chi connectivity index (χ1v) is 12.1. The van der Waals surface area contributed by atoms with E-state index in [1.54, 1.807) is 12.1 Å². The molecule has 0 saturated carbocycles. The van der Waals surface area contributed by atoms with Crippen molar-refractivity contribution in [3.8, 4) is 0 Å². The number of benzene rings is 2. The van der Waals surface area contributed by atoms with Crippen LogP contribution in [-0.4, -0.2) is 40.0 Å². The number of nitrogens with zero attached hydrogens (tertiary/aromatic N) is 2. The molecule has 144 valence electrons. The van der Waals surface area contributed by atoms with Crippen LogP contribution in [-0.2, 0) is 33.0 Å². The van der Waals surface area contributed by atoms with Crippen molar-refractivity contribution in [3.05, 3.63) is 59.7 Å². The Labute approximate surface area is 160 Å². The lowest BCUT2D eigenvalue weighted by atomic mass is 10.0. The fourth-order valence-corrected chi connectivity index (χ4v) is 6.75. The van der Waals surface area contributed by atoms with Gasteiger partial charge in [0.25, 0.3) is 0 Å². The largest absolute Gasteiger partial charge is 0.270 e. The van der Waals surface area contributed by atoms with Gasteiger partial charge in [0.2, 0.25) is 20.0 Å². The van der Waals surface area contributed by atoms with Crippen LogP contribution < -0.4 is 4.31 Å². The second kappa shape index (κ2) is 6.92. The Hall–Kier alpha value is -1.90. The summed E-state index contributed by atoms with van der Waals surface area (Å²) < 4.78 is 53.3. The minimum atomic E-state index is -3.62. The summed E-state index contributed by atoms with van der Waals surface area (Å²) in [6.45, 7) is 1.25. The highest BCUT2D eigenvalue weighted by molar-refractivity contribution is 7.92. The van der Waals surface area contributed by atoms with Crippen LogP contribution >= 0.6 is 0 Å². The molecule has 6 nitrogen and oxygen atoms in total. The van der Waals surface area contributed by atoms with Crippen molar-refractivity contribution >= 4 is 25.7 Å². The zero-order chi connectivity index (χ0) is 19.1. The quantitative estimate of drug-likeness (QED) is 0.784. The van der Waals surface area contributed by atoms with Gasteiger partial charge in [0.1, 0.15) is 0 Å². The van der Waals surface area contributed by atoms with E-state index in [1.165, 1.54) is 26.3 Å². The van der Waals surface area contributed by atoms with Crippen LogP contribution in [0, 0.1) is 0 Å². The maximum absolute atomic E-state index is 13.0. The van der Waals surface area contributed by atoms with Gasteiger partial charge in [-0.2, -0.15) is 4.31 Å². The number of sulfonamides is 2. The molecule has 1 fully saturated rings. The summed E-state index contributed by atoms with van der Waals surface area (Å²) in [5, 5.41) is 0. The first kappa shape index (κ1) is 18.5. The average molecular weight is 407 g/mol. The molecule has 0 atom stereocenters. The van der Waals surface area contributed by atoms with Crippen LogP contribution in [0.4, 0.5) is 5.69 Å². The predicted octanol–water partition coefficient (Wildman–Crippen LogP) is 2.36. The molecule has 0 bridgehead atoms. The van der Waals surface area contributed by atoms with Gasteiger partial charge in [-0.1, -0.05) is 24.3 Å². The maximum atomic E-state index is 13.0. The molecule has 1 saturated heterocycles. The molecule has 2 aromatic carbocycles. The van der Waals surface area contributed by atoms with E-state index < -0.39 is 20.0 Å². The summed E-state index contributed by atoms with van der Waals surface area (Å²) in [4.78, 5) is 0.194. The minimum absolute atomic E-state index is 0.139. The minimum Gasteiger partial charge on any atom is -0.270 e. The number of anilines is 1. The van der Waals surface area contributed by atoms with Crippen molar-refractivity contribution in [1.29, 1.82) is 0 Å². The van der Waals surface area contributed by atoms with Gasteiger partial charge in [-0.3, -0.25) is 4.31 Å². The van der Waals surface area contributed by atoms with Gasteiger partial charge in [0.15, 0.2) is 0 Å². The van der Waals surface area contributed by atoms with Crippen molar-refractivity contribution in [2.45, 2.75) is 30.7 Å². The summed E-state index contributed by atoms with van der Waals surface area (Å²) in [5.74, 6) is 0.139. The lowest BCUT2D eigenvalue weighted by molar-refractivity contribution is 0.391. The average Bonchev–Trinajstić information content (AvgIpc) is 2.67. The smallest absolute Gasteiger partial charge is 0.243 e. The highest BCUT2D eigenvalue weighted by atomic mass is 32.2. The first-order chi connectivity index (χ1) is 12.9. The highest BCUT2D eigenvalue weighted by Gasteiger charge is 2.29. The molecule has 8 heteroatoms. The Morgan fingerprint density at radius 1 is 0.852 bits per heavy atom. The first-order valence-electron chi connectivity index (χ1n) is 9.05. The fourth-order valence-electron chi connectivity index (χ4n) is 3.69. The molecule has 2 heterocycles. The van der Waals surface area contributed by atoms with Crippen LogP contribution in [0.25, 0.3) is 0 Å². The molecule has 2 aliphatic heterocycles. The molecule has 0 aromatic heterocycles. The molecule has 2 aliphatic rings. The molecule has 0 aliphatic carbocycles. The van der Waals surface area contributed by atoms with E-state index >= 15 is 0 Å². The Kier molecular flexibility index (Phi) is 4.73. The summed E-state index contributed by atoms with van der Waals surface area (Å²) in [6, 6.07) is 14.1. The molecule has 0 N–H and O–H groups in total. The van der Waals surface area contributed by atoms with Crippen molar-refractivity contribution < 1.29 is 16.8 Å². The molecular formula is C19H22N2O4S2. The topological polar surface area (TPSA) is 74.8 Å².